The first-order valence-electron chi connectivity index (χ1n) is 5.59. The maximum absolute atomic E-state index is 11.3. The van der Waals surface area contributed by atoms with Crippen LogP contribution in [0.15, 0.2) is 30.4 Å². The number of hydrogen-bond acceptors (Lipinski definition) is 3. The van der Waals surface area contributed by atoms with Crippen molar-refractivity contribution < 1.29 is 14.3 Å². The van der Waals surface area contributed by atoms with Gasteiger partial charge >= 0.3 is 5.97 Å². The molecule has 17 heavy (non-hydrogen) atoms. The van der Waals surface area contributed by atoms with Crippen LogP contribution in [0.3, 0.4) is 0 Å². The number of esters is 1. The normalized spacial score (nSPS) is 9.82. The van der Waals surface area contributed by atoms with Crippen LogP contribution in [-0.2, 0) is 9.53 Å². The summed E-state index contributed by atoms with van der Waals surface area (Å²) < 4.78 is 10.3. The quantitative estimate of drug-likeness (QED) is 0.580. The maximum Gasteiger partial charge on any atom is 0.336 e. The smallest absolute Gasteiger partial charge is 0.336 e. The summed E-state index contributed by atoms with van der Waals surface area (Å²) in [5, 5.41) is 0. The fourth-order valence-corrected chi connectivity index (χ4v) is 1.27. The summed E-state index contributed by atoms with van der Waals surface area (Å²) in [6.07, 6.45) is 0. The minimum absolute atomic E-state index is 0.154. The predicted octanol–water partition coefficient (Wildman–Crippen LogP) is 2.80. The van der Waals surface area contributed by atoms with Crippen LogP contribution >= 0.6 is 0 Å². The molecule has 0 aromatic heterocycles. The number of ether oxygens (including phenoxy) is 2. The minimum atomic E-state index is -0.406. The average Bonchev–Trinajstić information content (AvgIpc) is 2.30. The number of benzene rings is 1. The zero-order valence-corrected chi connectivity index (χ0v) is 10.6. The molecule has 1 aromatic carbocycles. The van der Waals surface area contributed by atoms with Gasteiger partial charge in [0.05, 0.1) is 12.2 Å². The molecule has 0 saturated carbocycles. The molecule has 1 rings (SSSR count). The summed E-state index contributed by atoms with van der Waals surface area (Å²) in [4.78, 5) is 11.3. The largest absolute Gasteiger partial charge is 0.489 e. The molecule has 0 aliphatic rings. The van der Waals surface area contributed by atoms with E-state index in [-0.39, 0.29) is 6.61 Å². The molecular formula is C14H18O3. The number of carbonyl (C=O) groups is 1. The molecule has 0 atom stereocenters. The van der Waals surface area contributed by atoms with Gasteiger partial charge in [0.15, 0.2) is 0 Å². The molecule has 92 valence electrons. The molecule has 0 saturated heterocycles. The SMILES string of the molecule is C=C(COc1ccc(C)c(C)c1)C(=O)OCC. The molecule has 0 aliphatic carbocycles. The molecular weight excluding hydrogens is 216 g/mol. The highest BCUT2D eigenvalue weighted by molar-refractivity contribution is 5.88. The van der Waals surface area contributed by atoms with Crippen LogP contribution < -0.4 is 4.74 Å². The lowest BCUT2D eigenvalue weighted by molar-refractivity contribution is -0.138. The topological polar surface area (TPSA) is 35.5 Å². The molecule has 0 radical (unpaired) electrons. The monoisotopic (exact) mass is 234 g/mol. The third-order valence-corrected chi connectivity index (χ3v) is 2.46. The molecule has 0 unspecified atom stereocenters. The van der Waals surface area contributed by atoms with E-state index < -0.39 is 5.97 Å². The van der Waals surface area contributed by atoms with E-state index in [0.29, 0.717) is 12.2 Å². The van der Waals surface area contributed by atoms with Gasteiger partial charge in [0.2, 0.25) is 0 Å². The van der Waals surface area contributed by atoms with Crippen molar-refractivity contribution in [3.8, 4) is 5.75 Å². The predicted molar refractivity (Wildman–Crippen MR) is 67.2 cm³/mol. The van der Waals surface area contributed by atoms with Gasteiger partial charge in [0.25, 0.3) is 0 Å². The van der Waals surface area contributed by atoms with Crippen LogP contribution in [0.25, 0.3) is 0 Å². The maximum atomic E-state index is 11.3. The first kappa shape index (κ1) is 13.3. The van der Waals surface area contributed by atoms with Crippen LogP contribution in [0.4, 0.5) is 0 Å². The van der Waals surface area contributed by atoms with Gasteiger partial charge in [0.1, 0.15) is 12.4 Å². The second-order valence-corrected chi connectivity index (χ2v) is 3.86. The van der Waals surface area contributed by atoms with Crippen molar-refractivity contribution in [3.05, 3.63) is 41.5 Å². The second-order valence-electron chi connectivity index (χ2n) is 3.86. The number of rotatable bonds is 5. The molecule has 1 aromatic rings. The van der Waals surface area contributed by atoms with E-state index in [4.69, 9.17) is 9.47 Å². The third kappa shape index (κ3) is 3.94. The lowest BCUT2D eigenvalue weighted by Gasteiger charge is -2.09. The van der Waals surface area contributed by atoms with Crippen LogP contribution in [0, 0.1) is 13.8 Å². The van der Waals surface area contributed by atoms with Crippen molar-refractivity contribution >= 4 is 5.97 Å². The molecule has 0 fully saturated rings. The first-order valence-corrected chi connectivity index (χ1v) is 5.59. The Hall–Kier alpha value is -1.77. The fourth-order valence-electron chi connectivity index (χ4n) is 1.27. The molecule has 0 amide bonds. The Kier molecular flexibility index (Phi) is 4.76. The summed E-state index contributed by atoms with van der Waals surface area (Å²) >= 11 is 0. The van der Waals surface area contributed by atoms with E-state index in [2.05, 4.69) is 6.58 Å². The first-order chi connectivity index (χ1) is 8.04. The summed E-state index contributed by atoms with van der Waals surface area (Å²) in [6.45, 7) is 9.95. The summed E-state index contributed by atoms with van der Waals surface area (Å²) in [5.74, 6) is 0.329. The molecule has 3 heteroatoms. The van der Waals surface area contributed by atoms with Crippen LogP contribution in [0.2, 0.25) is 0 Å². The Morgan fingerprint density at radius 1 is 1.29 bits per heavy atom. The van der Waals surface area contributed by atoms with Crippen molar-refractivity contribution in [1.82, 2.24) is 0 Å². The standard InChI is InChI=1S/C14H18O3/c1-5-16-14(15)12(4)9-17-13-7-6-10(2)11(3)8-13/h6-8H,4-5,9H2,1-3H3. The van der Waals surface area contributed by atoms with Crippen LogP contribution in [0.5, 0.6) is 5.75 Å². The van der Waals surface area contributed by atoms with Gasteiger partial charge in [-0.15, -0.1) is 0 Å². The number of carbonyl (C=O) groups excluding carboxylic acids is 1. The summed E-state index contributed by atoms with van der Waals surface area (Å²) in [5.41, 5.74) is 2.69. The van der Waals surface area contributed by atoms with Gasteiger partial charge in [0, 0.05) is 0 Å². The second kappa shape index (κ2) is 6.09. The Morgan fingerprint density at radius 3 is 2.59 bits per heavy atom. The molecule has 0 heterocycles. The summed E-state index contributed by atoms with van der Waals surface area (Å²) in [7, 11) is 0. The molecule has 0 aliphatic heterocycles. The van der Waals surface area contributed by atoms with E-state index in [1.807, 2.05) is 32.0 Å². The van der Waals surface area contributed by atoms with E-state index in [0.717, 1.165) is 11.3 Å². The number of aryl methyl sites for hydroxylation is 2. The van der Waals surface area contributed by atoms with E-state index in [1.165, 1.54) is 5.56 Å². The van der Waals surface area contributed by atoms with Gasteiger partial charge in [-0.25, -0.2) is 4.79 Å². The van der Waals surface area contributed by atoms with Crippen LogP contribution in [-0.4, -0.2) is 19.2 Å². The third-order valence-electron chi connectivity index (χ3n) is 2.46. The molecule has 0 N–H and O–H groups in total. The highest BCUT2D eigenvalue weighted by Gasteiger charge is 2.08. The highest BCUT2D eigenvalue weighted by Crippen LogP contribution is 2.16. The van der Waals surface area contributed by atoms with E-state index in [1.54, 1.807) is 6.92 Å². The molecule has 0 bridgehead atoms. The van der Waals surface area contributed by atoms with Gasteiger partial charge in [-0.2, -0.15) is 0 Å². The lowest BCUT2D eigenvalue weighted by Crippen LogP contribution is -2.13. The lowest BCUT2D eigenvalue weighted by atomic mass is 10.1. The Bertz CT molecular complexity index is 421. The Morgan fingerprint density at radius 2 is 2.00 bits per heavy atom. The van der Waals surface area contributed by atoms with Crippen molar-refractivity contribution in [3.63, 3.8) is 0 Å². The van der Waals surface area contributed by atoms with Gasteiger partial charge in [-0.05, 0) is 44.0 Å². The van der Waals surface area contributed by atoms with Crippen molar-refractivity contribution in [1.29, 1.82) is 0 Å². The van der Waals surface area contributed by atoms with Gasteiger partial charge in [-0.3, -0.25) is 0 Å². The minimum Gasteiger partial charge on any atom is -0.489 e. The van der Waals surface area contributed by atoms with E-state index >= 15 is 0 Å². The number of hydrogen-bond donors (Lipinski definition) is 0. The zero-order valence-electron chi connectivity index (χ0n) is 10.6. The Labute approximate surface area is 102 Å². The molecule has 3 nitrogen and oxygen atoms in total. The average molecular weight is 234 g/mol. The van der Waals surface area contributed by atoms with Crippen molar-refractivity contribution in [2.45, 2.75) is 20.8 Å². The van der Waals surface area contributed by atoms with Crippen LogP contribution in [0.1, 0.15) is 18.1 Å². The van der Waals surface area contributed by atoms with Crippen molar-refractivity contribution in [2.24, 2.45) is 0 Å². The summed E-state index contributed by atoms with van der Waals surface area (Å²) in [6, 6.07) is 5.80. The molecule has 0 spiro atoms. The van der Waals surface area contributed by atoms with Gasteiger partial charge in [-0.1, -0.05) is 12.6 Å². The van der Waals surface area contributed by atoms with Crippen molar-refractivity contribution in [2.75, 3.05) is 13.2 Å². The Balaban J connectivity index is 2.53. The fraction of sp³-hybridized carbons (Fsp3) is 0.357. The van der Waals surface area contributed by atoms with E-state index in [9.17, 15) is 4.79 Å². The highest BCUT2D eigenvalue weighted by atomic mass is 16.5. The van der Waals surface area contributed by atoms with Gasteiger partial charge < -0.3 is 9.47 Å². The zero-order chi connectivity index (χ0) is 12.8.